The summed E-state index contributed by atoms with van der Waals surface area (Å²) in [5, 5.41) is 0. The van der Waals surface area contributed by atoms with Crippen molar-refractivity contribution in [2.24, 2.45) is 0 Å². The molecule has 0 unspecified atom stereocenters. The van der Waals surface area contributed by atoms with Crippen LogP contribution in [0.2, 0.25) is 0 Å². The van der Waals surface area contributed by atoms with Crippen LogP contribution < -0.4 is 4.90 Å². The first-order chi connectivity index (χ1) is 8.63. The van der Waals surface area contributed by atoms with Crippen LogP contribution in [0.1, 0.15) is 25.3 Å². The lowest BCUT2D eigenvalue weighted by molar-refractivity contribution is -0.147. The topological polar surface area (TPSA) is 46.6 Å². The molecule has 96 valence electrons. The number of ether oxygens (including phenoxy) is 1. The number of likely N-dealkylation sites (N-methyl/N-ethyl adjacent to an activating group) is 1. The monoisotopic (exact) mass is 247 g/mol. The number of rotatable bonds is 3. The van der Waals surface area contributed by atoms with Crippen molar-refractivity contribution >= 4 is 17.6 Å². The Bertz CT molecular complexity index is 470. The van der Waals surface area contributed by atoms with Crippen LogP contribution in [0.5, 0.6) is 0 Å². The van der Waals surface area contributed by atoms with Crippen LogP contribution in [-0.2, 0) is 14.3 Å². The molecule has 0 bridgehead atoms. The second-order valence-corrected chi connectivity index (χ2v) is 4.39. The standard InChI is InChI=1S/C14H17NO3/c1-3-15(11-7-5-4-6-10(11)2)14(17)12-8-9-13(16)18-12/h4-7,12H,3,8-9H2,1-2H3/t12-/m0/s1. The van der Waals surface area contributed by atoms with E-state index < -0.39 is 6.10 Å². The van der Waals surface area contributed by atoms with Crippen molar-refractivity contribution in [3.63, 3.8) is 0 Å². The molecule has 1 heterocycles. The zero-order valence-electron chi connectivity index (χ0n) is 10.7. The number of para-hydroxylation sites is 1. The molecule has 1 aliphatic heterocycles. The smallest absolute Gasteiger partial charge is 0.306 e. The van der Waals surface area contributed by atoms with Gasteiger partial charge < -0.3 is 9.64 Å². The van der Waals surface area contributed by atoms with E-state index in [1.54, 1.807) is 4.90 Å². The number of anilines is 1. The predicted molar refractivity (Wildman–Crippen MR) is 68.3 cm³/mol. The van der Waals surface area contributed by atoms with Gasteiger partial charge in [0, 0.05) is 25.1 Å². The molecule has 4 heteroatoms. The highest BCUT2D eigenvalue weighted by Gasteiger charge is 2.33. The van der Waals surface area contributed by atoms with E-state index in [9.17, 15) is 9.59 Å². The summed E-state index contributed by atoms with van der Waals surface area (Å²) >= 11 is 0. The van der Waals surface area contributed by atoms with E-state index in [0.717, 1.165) is 11.3 Å². The fraction of sp³-hybridized carbons (Fsp3) is 0.429. The maximum atomic E-state index is 12.3. The number of aryl methyl sites for hydroxylation is 1. The van der Waals surface area contributed by atoms with Gasteiger partial charge in [-0.05, 0) is 25.5 Å². The largest absolute Gasteiger partial charge is 0.452 e. The summed E-state index contributed by atoms with van der Waals surface area (Å²) in [5.41, 5.74) is 1.92. The highest BCUT2D eigenvalue weighted by molar-refractivity contribution is 5.99. The van der Waals surface area contributed by atoms with Gasteiger partial charge in [0.25, 0.3) is 5.91 Å². The van der Waals surface area contributed by atoms with Gasteiger partial charge in [-0.3, -0.25) is 9.59 Å². The van der Waals surface area contributed by atoms with Crippen molar-refractivity contribution in [1.29, 1.82) is 0 Å². The molecular formula is C14H17NO3. The predicted octanol–water partition coefficient (Wildman–Crippen LogP) is 2.05. The lowest BCUT2D eigenvalue weighted by atomic mass is 10.1. The van der Waals surface area contributed by atoms with E-state index in [4.69, 9.17) is 4.74 Å². The molecule has 4 nitrogen and oxygen atoms in total. The molecule has 0 saturated carbocycles. The van der Waals surface area contributed by atoms with Crippen LogP contribution in [0.3, 0.4) is 0 Å². The van der Waals surface area contributed by atoms with Gasteiger partial charge in [0.2, 0.25) is 0 Å². The maximum Gasteiger partial charge on any atom is 0.306 e. The molecule has 0 radical (unpaired) electrons. The van der Waals surface area contributed by atoms with Crippen LogP contribution in [0.4, 0.5) is 5.69 Å². The van der Waals surface area contributed by atoms with Crippen molar-refractivity contribution in [2.75, 3.05) is 11.4 Å². The van der Waals surface area contributed by atoms with Gasteiger partial charge in [-0.25, -0.2) is 0 Å². The van der Waals surface area contributed by atoms with E-state index in [1.807, 2.05) is 38.1 Å². The second-order valence-electron chi connectivity index (χ2n) is 4.39. The summed E-state index contributed by atoms with van der Waals surface area (Å²) in [6.07, 6.45) is 0.207. The van der Waals surface area contributed by atoms with Gasteiger partial charge in [0.05, 0.1) is 0 Å². The maximum absolute atomic E-state index is 12.3. The van der Waals surface area contributed by atoms with Crippen molar-refractivity contribution in [3.05, 3.63) is 29.8 Å². The van der Waals surface area contributed by atoms with Gasteiger partial charge in [-0.2, -0.15) is 0 Å². The molecule has 1 aromatic carbocycles. The molecular weight excluding hydrogens is 230 g/mol. The Hall–Kier alpha value is -1.84. The molecule has 0 aromatic heterocycles. The third-order valence-corrected chi connectivity index (χ3v) is 3.15. The quantitative estimate of drug-likeness (QED) is 0.768. The molecule has 1 aliphatic rings. The Morgan fingerprint density at radius 1 is 1.44 bits per heavy atom. The zero-order chi connectivity index (χ0) is 13.1. The molecule has 18 heavy (non-hydrogen) atoms. The number of nitrogens with zero attached hydrogens (tertiary/aromatic N) is 1. The van der Waals surface area contributed by atoms with E-state index in [1.165, 1.54) is 0 Å². The molecule has 1 aromatic rings. The number of carbonyl (C=O) groups is 2. The van der Waals surface area contributed by atoms with Crippen molar-refractivity contribution in [2.45, 2.75) is 32.8 Å². The number of hydrogen-bond acceptors (Lipinski definition) is 3. The van der Waals surface area contributed by atoms with E-state index in [-0.39, 0.29) is 11.9 Å². The Balaban J connectivity index is 2.21. The fourth-order valence-corrected chi connectivity index (χ4v) is 2.18. The average Bonchev–Trinajstić information content (AvgIpc) is 2.79. The van der Waals surface area contributed by atoms with Crippen LogP contribution in [0.25, 0.3) is 0 Å². The minimum Gasteiger partial charge on any atom is -0.452 e. The van der Waals surface area contributed by atoms with Gasteiger partial charge in [0.1, 0.15) is 0 Å². The summed E-state index contributed by atoms with van der Waals surface area (Å²) < 4.78 is 5.04. The number of carbonyl (C=O) groups excluding carboxylic acids is 2. The Kier molecular flexibility index (Phi) is 3.65. The Morgan fingerprint density at radius 2 is 2.17 bits per heavy atom. The fourth-order valence-electron chi connectivity index (χ4n) is 2.18. The van der Waals surface area contributed by atoms with Gasteiger partial charge in [0.15, 0.2) is 6.10 Å². The average molecular weight is 247 g/mol. The lowest BCUT2D eigenvalue weighted by Gasteiger charge is -2.25. The molecule has 0 N–H and O–H groups in total. The molecule has 2 rings (SSSR count). The number of hydrogen-bond donors (Lipinski definition) is 0. The highest BCUT2D eigenvalue weighted by atomic mass is 16.6. The molecule has 0 aliphatic carbocycles. The van der Waals surface area contributed by atoms with Crippen LogP contribution in [0, 0.1) is 6.92 Å². The van der Waals surface area contributed by atoms with E-state index in [2.05, 4.69) is 0 Å². The SMILES string of the molecule is CCN(C(=O)[C@@H]1CCC(=O)O1)c1ccccc1C. The molecule has 1 atom stereocenters. The van der Waals surface area contributed by atoms with E-state index >= 15 is 0 Å². The normalized spacial score (nSPS) is 18.6. The summed E-state index contributed by atoms with van der Waals surface area (Å²) in [6, 6.07) is 7.71. The van der Waals surface area contributed by atoms with Crippen molar-refractivity contribution < 1.29 is 14.3 Å². The van der Waals surface area contributed by atoms with Gasteiger partial charge in [-0.15, -0.1) is 0 Å². The van der Waals surface area contributed by atoms with Gasteiger partial charge in [-0.1, -0.05) is 18.2 Å². The highest BCUT2D eigenvalue weighted by Crippen LogP contribution is 2.23. The molecule has 0 spiro atoms. The Morgan fingerprint density at radius 3 is 2.72 bits per heavy atom. The van der Waals surface area contributed by atoms with Crippen LogP contribution >= 0.6 is 0 Å². The zero-order valence-corrected chi connectivity index (χ0v) is 10.7. The summed E-state index contributed by atoms with van der Waals surface area (Å²) in [7, 11) is 0. The number of esters is 1. The van der Waals surface area contributed by atoms with Gasteiger partial charge >= 0.3 is 5.97 Å². The third kappa shape index (κ3) is 2.37. The molecule has 1 saturated heterocycles. The second kappa shape index (κ2) is 5.21. The van der Waals surface area contributed by atoms with Crippen LogP contribution in [0.15, 0.2) is 24.3 Å². The molecule has 1 amide bonds. The minimum absolute atomic E-state index is 0.127. The third-order valence-electron chi connectivity index (χ3n) is 3.15. The number of cyclic esters (lactones) is 1. The number of benzene rings is 1. The molecule has 1 fully saturated rings. The summed E-state index contributed by atoms with van der Waals surface area (Å²) in [4.78, 5) is 25.1. The Labute approximate surface area is 107 Å². The lowest BCUT2D eigenvalue weighted by Crippen LogP contribution is -2.39. The first-order valence-electron chi connectivity index (χ1n) is 6.20. The van der Waals surface area contributed by atoms with Crippen LogP contribution in [-0.4, -0.2) is 24.5 Å². The van der Waals surface area contributed by atoms with Crippen molar-refractivity contribution in [3.8, 4) is 0 Å². The summed E-state index contributed by atoms with van der Waals surface area (Å²) in [6.45, 7) is 4.45. The first-order valence-corrected chi connectivity index (χ1v) is 6.20. The van der Waals surface area contributed by atoms with E-state index in [0.29, 0.717) is 19.4 Å². The van der Waals surface area contributed by atoms with Crippen molar-refractivity contribution in [1.82, 2.24) is 0 Å². The first kappa shape index (κ1) is 12.6. The summed E-state index contributed by atoms with van der Waals surface area (Å²) in [5.74, 6) is -0.410. The minimum atomic E-state index is -0.614. The number of amides is 1.